The van der Waals surface area contributed by atoms with E-state index in [1.54, 1.807) is 31.4 Å². The van der Waals surface area contributed by atoms with Gasteiger partial charge in [0.25, 0.3) is 0 Å². The van der Waals surface area contributed by atoms with E-state index in [1.807, 2.05) is 6.92 Å². The van der Waals surface area contributed by atoms with E-state index in [1.165, 1.54) is 0 Å². The Balaban J connectivity index is 2.48. The summed E-state index contributed by atoms with van der Waals surface area (Å²) in [6.07, 6.45) is 0.645. The Hall–Kier alpha value is -1.88. The van der Waals surface area contributed by atoms with E-state index in [4.69, 9.17) is 9.84 Å². The molecule has 1 atom stereocenters. The van der Waals surface area contributed by atoms with Gasteiger partial charge < -0.3 is 15.2 Å². The standard InChI is InChI=1S/C14H19NO4/c1-10(19-2)9-15-13(16)8-7-11-5-3-4-6-12(11)14(17)18/h3-6,10H,7-9H2,1-2H3,(H,15,16)(H,17,18). The van der Waals surface area contributed by atoms with Gasteiger partial charge in [-0.2, -0.15) is 0 Å². The maximum atomic E-state index is 11.6. The molecule has 5 heteroatoms. The molecule has 5 nitrogen and oxygen atoms in total. The van der Waals surface area contributed by atoms with Crippen LogP contribution in [0.25, 0.3) is 0 Å². The van der Waals surface area contributed by atoms with Crippen LogP contribution >= 0.6 is 0 Å². The fourth-order valence-electron chi connectivity index (χ4n) is 1.62. The van der Waals surface area contributed by atoms with Crippen molar-refractivity contribution < 1.29 is 19.4 Å². The summed E-state index contributed by atoms with van der Waals surface area (Å²) in [5.41, 5.74) is 0.922. The molecule has 0 heterocycles. The van der Waals surface area contributed by atoms with Crippen LogP contribution in [-0.4, -0.2) is 36.7 Å². The van der Waals surface area contributed by atoms with Gasteiger partial charge in [-0.05, 0) is 25.0 Å². The van der Waals surface area contributed by atoms with Crippen LogP contribution in [0.5, 0.6) is 0 Å². The number of methoxy groups -OCH3 is 1. The molecule has 1 amide bonds. The van der Waals surface area contributed by atoms with E-state index in [0.717, 1.165) is 0 Å². The van der Waals surface area contributed by atoms with E-state index in [2.05, 4.69) is 5.32 Å². The number of carboxylic acid groups (broad SMARTS) is 1. The van der Waals surface area contributed by atoms with Gasteiger partial charge in [-0.1, -0.05) is 18.2 Å². The fraction of sp³-hybridized carbons (Fsp3) is 0.429. The first-order valence-electron chi connectivity index (χ1n) is 6.15. The Morgan fingerprint density at radius 3 is 2.68 bits per heavy atom. The Labute approximate surface area is 112 Å². The molecule has 2 N–H and O–H groups in total. The van der Waals surface area contributed by atoms with Gasteiger partial charge in [0.1, 0.15) is 0 Å². The quantitative estimate of drug-likeness (QED) is 0.782. The monoisotopic (exact) mass is 265 g/mol. The zero-order valence-corrected chi connectivity index (χ0v) is 11.2. The molecule has 104 valence electrons. The number of benzene rings is 1. The number of rotatable bonds is 7. The lowest BCUT2D eigenvalue weighted by atomic mass is 10.0. The number of ether oxygens (including phenoxy) is 1. The second-order valence-electron chi connectivity index (χ2n) is 4.31. The van der Waals surface area contributed by atoms with Crippen molar-refractivity contribution in [1.29, 1.82) is 0 Å². The summed E-state index contributed by atoms with van der Waals surface area (Å²) >= 11 is 0. The Morgan fingerprint density at radius 2 is 2.05 bits per heavy atom. The molecule has 1 aromatic carbocycles. The smallest absolute Gasteiger partial charge is 0.335 e. The van der Waals surface area contributed by atoms with Gasteiger partial charge in [-0.25, -0.2) is 4.79 Å². The lowest BCUT2D eigenvalue weighted by Crippen LogP contribution is -2.31. The van der Waals surface area contributed by atoms with E-state index < -0.39 is 5.97 Å². The zero-order valence-electron chi connectivity index (χ0n) is 11.2. The molecule has 0 aromatic heterocycles. The molecular formula is C14H19NO4. The van der Waals surface area contributed by atoms with Crippen molar-refractivity contribution in [2.24, 2.45) is 0 Å². The van der Waals surface area contributed by atoms with E-state index in [-0.39, 0.29) is 24.0 Å². The van der Waals surface area contributed by atoms with Gasteiger partial charge in [0, 0.05) is 20.1 Å². The Morgan fingerprint density at radius 1 is 1.37 bits per heavy atom. The number of aryl methyl sites for hydroxylation is 1. The summed E-state index contributed by atoms with van der Waals surface area (Å²) in [5.74, 6) is -1.08. The topological polar surface area (TPSA) is 75.6 Å². The van der Waals surface area contributed by atoms with Crippen LogP contribution in [-0.2, 0) is 16.0 Å². The SMILES string of the molecule is COC(C)CNC(=O)CCc1ccccc1C(=O)O. The largest absolute Gasteiger partial charge is 0.478 e. The summed E-state index contributed by atoms with van der Waals surface area (Å²) in [6.45, 7) is 2.32. The van der Waals surface area contributed by atoms with Crippen molar-refractivity contribution in [2.45, 2.75) is 25.9 Å². The number of nitrogens with one attached hydrogen (secondary N) is 1. The lowest BCUT2D eigenvalue weighted by molar-refractivity contribution is -0.121. The van der Waals surface area contributed by atoms with Crippen molar-refractivity contribution in [3.63, 3.8) is 0 Å². The number of amides is 1. The average molecular weight is 265 g/mol. The zero-order chi connectivity index (χ0) is 14.3. The number of carbonyl (C=O) groups is 2. The molecule has 0 saturated carbocycles. The predicted molar refractivity (Wildman–Crippen MR) is 71.2 cm³/mol. The minimum atomic E-state index is -0.969. The van der Waals surface area contributed by atoms with Gasteiger partial charge in [-0.15, -0.1) is 0 Å². The number of aromatic carboxylic acids is 1. The van der Waals surface area contributed by atoms with Crippen LogP contribution in [0.1, 0.15) is 29.3 Å². The molecule has 0 aliphatic rings. The molecule has 1 aromatic rings. The maximum absolute atomic E-state index is 11.6. The second-order valence-corrected chi connectivity index (χ2v) is 4.31. The highest BCUT2D eigenvalue weighted by Crippen LogP contribution is 2.11. The first-order chi connectivity index (χ1) is 9.04. The summed E-state index contributed by atoms with van der Waals surface area (Å²) in [5, 5.41) is 11.8. The van der Waals surface area contributed by atoms with Crippen LogP contribution in [0.3, 0.4) is 0 Å². The Bertz CT molecular complexity index is 445. The number of carbonyl (C=O) groups excluding carboxylic acids is 1. The van der Waals surface area contributed by atoms with Crippen LogP contribution in [0.2, 0.25) is 0 Å². The molecule has 0 aliphatic heterocycles. The molecular weight excluding hydrogens is 246 g/mol. The highest BCUT2D eigenvalue weighted by Gasteiger charge is 2.11. The molecule has 1 rings (SSSR count). The molecule has 0 radical (unpaired) electrons. The van der Waals surface area contributed by atoms with E-state index >= 15 is 0 Å². The van der Waals surface area contributed by atoms with Gasteiger partial charge in [-0.3, -0.25) is 4.79 Å². The predicted octanol–water partition coefficient (Wildman–Crippen LogP) is 1.47. The van der Waals surface area contributed by atoms with Crippen LogP contribution in [0, 0.1) is 0 Å². The fourth-order valence-corrected chi connectivity index (χ4v) is 1.62. The molecule has 0 bridgehead atoms. The average Bonchev–Trinajstić information content (AvgIpc) is 2.42. The summed E-state index contributed by atoms with van der Waals surface area (Å²) in [4.78, 5) is 22.6. The van der Waals surface area contributed by atoms with Gasteiger partial charge in [0.15, 0.2) is 0 Å². The minimum absolute atomic E-state index is 0.0322. The van der Waals surface area contributed by atoms with Crippen molar-refractivity contribution in [2.75, 3.05) is 13.7 Å². The first kappa shape index (κ1) is 15.2. The van der Waals surface area contributed by atoms with Crippen LogP contribution < -0.4 is 5.32 Å². The summed E-state index contributed by atoms with van der Waals surface area (Å²) in [7, 11) is 1.58. The molecule has 0 spiro atoms. The van der Waals surface area contributed by atoms with Crippen molar-refractivity contribution >= 4 is 11.9 Å². The van der Waals surface area contributed by atoms with Crippen molar-refractivity contribution in [1.82, 2.24) is 5.32 Å². The third kappa shape index (κ3) is 5.09. The number of carboxylic acids is 1. The molecule has 1 unspecified atom stereocenters. The summed E-state index contributed by atoms with van der Waals surface area (Å²) < 4.78 is 5.02. The number of hydrogen-bond acceptors (Lipinski definition) is 3. The molecule has 19 heavy (non-hydrogen) atoms. The minimum Gasteiger partial charge on any atom is -0.478 e. The maximum Gasteiger partial charge on any atom is 0.335 e. The van der Waals surface area contributed by atoms with Gasteiger partial charge >= 0.3 is 5.97 Å². The Kier molecular flexibility index (Phi) is 6.02. The van der Waals surface area contributed by atoms with Crippen molar-refractivity contribution in [3.8, 4) is 0 Å². The lowest BCUT2D eigenvalue weighted by Gasteiger charge is -2.11. The normalized spacial score (nSPS) is 11.9. The third-order valence-corrected chi connectivity index (χ3v) is 2.86. The van der Waals surface area contributed by atoms with Crippen LogP contribution in [0.15, 0.2) is 24.3 Å². The van der Waals surface area contributed by atoms with Crippen molar-refractivity contribution in [3.05, 3.63) is 35.4 Å². The molecule has 0 fully saturated rings. The van der Waals surface area contributed by atoms with E-state index in [0.29, 0.717) is 18.5 Å². The molecule has 0 aliphatic carbocycles. The first-order valence-corrected chi connectivity index (χ1v) is 6.15. The molecule has 0 saturated heterocycles. The summed E-state index contributed by atoms with van der Waals surface area (Å²) in [6, 6.07) is 6.72. The second kappa shape index (κ2) is 7.53. The third-order valence-electron chi connectivity index (χ3n) is 2.86. The van der Waals surface area contributed by atoms with E-state index in [9.17, 15) is 9.59 Å². The van der Waals surface area contributed by atoms with Gasteiger partial charge in [0.05, 0.1) is 11.7 Å². The highest BCUT2D eigenvalue weighted by atomic mass is 16.5. The van der Waals surface area contributed by atoms with Gasteiger partial charge in [0.2, 0.25) is 5.91 Å². The van der Waals surface area contributed by atoms with Crippen LogP contribution in [0.4, 0.5) is 0 Å². The highest BCUT2D eigenvalue weighted by molar-refractivity contribution is 5.89. The number of hydrogen-bond donors (Lipinski definition) is 2.